The van der Waals surface area contributed by atoms with Crippen LogP contribution in [-0.2, 0) is 18.0 Å². The second kappa shape index (κ2) is 13.2. The van der Waals surface area contributed by atoms with Gasteiger partial charge in [0.2, 0.25) is 0 Å². The number of ether oxygens (including phenoxy) is 2. The van der Waals surface area contributed by atoms with Crippen LogP contribution < -0.4 is 15.4 Å². The lowest BCUT2D eigenvalue weighted by atomic mass is 10.1. The molecule has 1 amide bonds. The van der Waals surface area contributed by atoms with Crippen molar-refractivity contribution in [3.63, 3.8) is 0 Å². The Morgan fingerprint density at radius 3 is 2.61 bits per heavy atom. The van der Waals surface area contributed by atoms with Crippen molar-refractivity contribution in [1.82, 2.24) is 34.9 Å². The van der Waals surface area contributed by atoms with Gasteiger partial charge in [0.25, 0.3) is 5.91 Å². The van der Waals surface area contributed by atoms with Crippen molar-refractivity contribution in [3.8, 4) is 17.1 Å². The molecular formula is C30H40F2N8O3Si. The molecular weight excluding hydrogens is 586 g/mol. The Hall–Kier alpha value is -4.17. The van der Waals surface area contributed by atoms with Crippen LogP contribution in [0.3, 0.4) is 0 Å². The van der Waals surface area contributed by atoms with E-state index in [1.54, 1.807) is 41.0 Å². The van der Waals surface area contributed by atoms with E-state index in [4.69, 9.17) is 20.2 Å². The van der Waals surface area contributed by atoms with Gasteiger partial charge in [0.05, 0.1) is 23.8 Å². The number of amides is 1. The van der Waals surface area contributed by atoms with E-state index >= 15 is 0 Å². The van der Waals surface area contributed by atoms with Crippen molar-refractivity contribution >= 4 is 42.3 Å². The average Bonchev–Trinajstić information content (AvgIpc) is 3.46. The lowest BCUT2D eigenvalue weighted by Gasteiger charge is -2.20. The Bertz CT molecular complexity index is 1690. The highest BCUT2D eigenvalue weighted by atomic mass is 28.3. The lowest BCUT2D eigenvalue weighted by molar-refractivity contribution is -0.0497. The van der Waals surface area contributed by atoms with Crippen molar-refractivity contribution in [1.29, 1.82) is 5.41 Å². The Balaban J connectivity index is 1.84. The summed E-state index contributed by atoms with van der Waals surface area (Å²) in [5, 5.41) is 18.9. The SMILES string of the molecule is CN/C=C(\C=N)Cn1nc(-c2cnc3c(n2)c(C(=O)NC(C)(C)C)cn3COCC[Si](C)(C)C)c2cc(OC(F)F)ccc21. The fourth-order valence-corrected chi connectivity index (χ4v) is 5.27. The molecule has 0 aliphatic carbocycles. The van der Waals surface area contributed by atoms with Gasteiger partial charge in [-0.3, -0.25) is 9.48 Å². The van der Waals surface area contributed by atoms with Crippen LogP contribution in [0.15, 0.2) is 42.4 Å². The van der Waals surface area contributed by atoms with Gasteiger partial charge in [-0.15, -0.1) is 0 Å². The number of nitrogens with zero attached hydrogens (tertiary/aromatic N) is 5. The van der Waals surface area contributed by atoms with Crippen LogP contribution in [0.4, 0.5) is 8.78 Å². The molecule has 11 nitrogen and oxygen atoms in total. The van der Waals surface area contributed by atoms with Crippen LogP contribution in [0.1, 0.15) is 31.1 Å². The van der Waals surface area contributed by atoms with E-state index in [1.165, 1.54) is 18.3 Å². The predicted molar refractivity (Wildman–Crippen MR) is 170 cm³/mol. The zero-order valence-corrected chi connectivity index (χ0v) is 27.2. The number of benzene rings is 1. The lowest BCUT2D eigenvalue weighted by Crippen LogP contribution is -2.40. The summed E-state index contributed by atoms with van der Waals surface area (Å²) in [6.07, 6.45) is 6.11. The molecule has 0 atom stereocenters. The third-order valence-electron chi connectivity index (χ3n) is 6.56. The minimum atomic E-state index is -3.00. The molecule has 44 heavy (non-hydrogen) atoms. The van der Waals surface area contributed by atoms with Crippen molar-refractivity contribution in [2.24, 2.45) is 0 Å². The zero-order chi connectivity index (χ0) is 32.2. The number of fused-ring (bicyclic) bond motifs is 2. The maximum absolute atomic E-state index is 13.4. The number of aromatic nitrogens is 5. The van der Waals surface area contributed by atoms with Crippen molar-refractivity contribution < 1.29 is 23.0 Å². The molecule has 4 aromatic rings. The highest BCUT2D eigenvalue weighted by Crippen LogP contribution is 2.32. The molecule has 14 heteroatoms. The summed E-state index contributed by atoms with van der Waals surface area (Å²) in [4.78, 5) is 22.9. The molecule has 0 spiro atoms. The number of halogens is 2. The number of carbonyl (C=O) groups is 1. The topological polar surface area (TPSA) is 132 Å². The minimum Gasteiger partial charge on any atom is -0.435 e. The van der Waals surface area contributed by atoms with E-state index in [1.807, 2.05) is 20.8 Å². The first kappa shape index (κ1) is 32.7. The normalized spacial score (nSPS) is 12.7. The molecule has 0 radical (unpaired) electrons. The smallest absolute Gasteiger partial charge is 0.387 e. The molecule has 0 saturated heterocycles. The first-order valence-electron chi connectivity index (χ1n) is 14.3. The first-order valence-corrected chi connectivity index (χ1v) is 18.0. The van der Waals surface area contributed by atoms with Gasteiger partial charge < -0.3 is 30.1 Å². The van der Waals surface area contributed by atoms with Gasteiger partial charge in [-0.2, -0.15) is 13.9 Å². The molecule has 0 fully saturated rings. The van der Waals surface area contributed by atoms with Gasteiger partial charge in [-0.1, -0.05) is 19.6 Å². The second-order valence-corrected chi connectivity index (χ2v) is 18.3. The third-order valence-corrected chi connectivity index (χ3v) is 8.27. The second-order valence-electron chi connectivity index (χ2n) is 12.7. The van der Waals surface area contributed by atoms with E-state index in [0.717, 1.165) is 6.04 Å². The molecule has 3 N–H and O–H groups in total. The summed E-state index contributed by atoms with van der Waals surface area (Å²) in [6.45, 7) is 10.5. The van der Waals surface area contributed by atoms with Gasteiger partial charge in [-0.25, -0.2) is 9.97 Å². The van der Waals surface area contributed by atoms with Crippen LogP contribution in [0.25, 0.3) is 33.5 Å². The van der Waals surface area contributed by atoms with E-state index in [0.29, 0.717) is 51.2 Å². The van der Waals surface area contributed by atoms with Gasteiger partial charge in [-0.05, 0) is 45.0 Å². The van der Waals surface area contributed by atoms with Gasteiger partial charge in [0, 0.05) is 56.8 Å². The summed E-state index contributed by atoms with van der Waals surface area (Å²) in [5.74, 6) is -0.349. The predicted octanol–water partition coefficient (Wildman–Crippen LogP) is 5.64. The maximum Gasteiger partial charge on any atom is 0.387 e. The highest BCUT2D eigenvalue weighted by molar-refractivity contribution is 6.76. The highest BCUT2D eigenvalue weighted by Gasteiger charge is 2.24. The van der Waals surface area contributed by atoms with Crippen LogP contribution in [0.5, 0.6) is 5.75 Å². The molecule has 0 aliphatic rings. The molecule has 1 aromatic carbocycles. The van der Waals surface area contributed by atoms with Crippen LogP contribution >= 0.6 is 0 Å². The molecule has 3 aromatic heterocycles. The maximum atomic E-state index is 13.4. The summed E-state index contributed by atoms with van der Waals surface area (Å²) >= 11 is 0. The van der Waals surface area contributed by atoms with E-state index < -0.39 is 20.2 Å². The molecule has 0 bridgehead atoms. The van der Waals surface area contributed by atoms with E-state index in [-0.39, 0.29) is 24.9 Å². The van der Waals surface area contributed by atoms with Gasteiger partial charge >= 0.3 is 6.61 Å². The number of nitrogens with one attached hydrogen (secondary N) is 3. The molecule has 0 aliphatic heterocycles. The number of alkyl halides is 2. The van der Waals surface area contributed by atoms with Crippen molar-refractivity contribution in [2.45, 2.75) is 71.9 Å². The summed E-state index contributed by atoms with van der Waals surface area (Å²) in [6, 6.07) is 5.54. The molecule has 3 heterocycles. The Kier molecular flexibility index (Phi) is 9.84. The summed E-state index contributed by atoms with van der Waals surface area (Å²) in [7, 11) is 0.438. The first-order chi connectivity index (χ1) is 20.7. The van der Waals surface area contributed by atoms with E-state index in [2.05, 4.69) is 40.0 Å². The monoisotopic (exact) mass is 626 g/mol. The average molecular weight is 627 g/mol. The number of carbonyl (C=O) groups excluding carboxylic acids is 1. The fourth-order valence-electron chi connectivity index (χ4n) is 4.52. The quantitative estimate of drug-likeness (QED) is 0.0994. The summed E-state index contributed by atoms with van der Waals surface area (Å²) in [5.41, 5.74) is 2.61. The number of hydrogen-bond donors (Lipinski definition) is 3. The van der Waals surface area contributed by atoms with Crippen LogP contribution in [0.2, 0.25) is 25.7 Å². The third kappa shape index (κ3) is 8.05. The number of allylic oxidation sites excluding steroid dienone is 1. The Labute approximate surface area is 256 Å². The Morgan fingerprint density at radius 2 is 1.98 bits per heavy atom. The molecule has 0 saturated carbocycles. The van der Waals surface area contributed by atoms with E-state index in [9.17, 15) is 13.6 Å². The minimum absolute atomic E-state index is 0.0350. The zero-order valence-electron chi connectivity index (χ0n) is 26.2. The van der Waals surface area contributed by atoms with Gasteiger partial charge in [0.15, 0.2) is 5.65 Å². The van der Waals surface area contributed by atoms with Crippen LogP contribution in [-0.4, -0.2) is 70.3 Å². The standard InChI is InChI=1S/C30H40F2N8O3Si/c1-30(2,3)37-28(41)22-17-39(18-42-10-11-44(5,6)7)27-26(22)36-23(15-35-27)25-21-12-20(43-29(31)32)8-9-24(21)40(38-25)16-19(13-33)14-34-4/h8-9,12-15,17,29,33-34H,10-11,16,18H2,1-7H3,(H,37,41)/b19-14+,33-13?. The molecule has 236 valence electrons. The summed E-state index contributed by atoms with van der Waals surface area (Å²) < 4.78 is 40.2. The molecule has 0 unspecified atom stereocenters. The fraction of sp³-hybridized carbons (Fsp3) is 0.433. The largest absolute Gasteiger partial charge is 0.435 e. The number of hydrogen-bond acceptors (Lipinski definition) is 8. The molecule has 4 rings (SSSR count). The van der Waals surface area contributed by atoms with Crippen LogP contribution in [0, 0.1) is 5.41 Å². The number of rotatable bonds is 13. The van der Waals surface area contributed by atoms with Gasteiger partial charge in [0.1, 0.15) is 29.4 Å². The van der Waals surface area contributed by atoms with Crippen molar-refractivity contribution in [2.75, 3.05) is 13.7 Å². The Morgan fingerprint density at radius 1 is 1.23 bits per heavy atom. The van der Waals surface area contributed by atoms with Crippen molar-refractivity contribution in [3.05, 3.63) is 47.9 Å².